The molecule has 1 amide bonds. The first-order chi connectivity index (χ1) is 13.7. The minimum Gasteiger partial charge on any atom is -0.381 e. The Balaban J connectivity index is 1.86. The zero-order valence-corrected chi connectivity index (χ0v) is 15.9. The molecule has 1 heterocycles. The number of nitriles is 1. The maximum Gasteiger partial charge on any atom is 0.406 e. The lowest BCUT2D eigenvalue weighted by atomic mass is 9.61. The van der Waals surface area contributed by atoms with Crippen LogP contribution < -0.4 is 5.73 Å². The number of guanidine groups is 1. The predicted octanol–water partition coefficient (Wildman–Crippen LogP) is 2.60. The van der Waals surface area contributed by atoms with Crippen molar-refractivity contribution in [2.45, 2.75) is 49.9 Å². The Bertz CT molecular complexity index is 929. The molecule has 1 aliphatic heterocycles. The fourth-order valence-corrected chi connectivity index (χ4v) is 5.27. The monoisotopic (exact) mass is 406 g/mol. The second-order valence-electron chi connectivity index (χ2n) is 8.06. The molecule has 9 heteroatoms. The van der Waals surface area contributed by atoms with Crippen molar-refractivity contribution in [2.75, 3.05) is 13.7 Å². The summed E-state index contributed by atoms with van der Waals surface area (Å²) in [4.78, 5) is 18.5. The normalized spacial score (nSPS) is 31.3. The van der Waals surface area contributed by atoms with Crippen molar-refractivity contribution in [1.29, 1.82) is 5.26 Å². The molecule has 1 fully saturated rings. The van der Waals surface area contributed by atoms with Gasteiger partial charge in [-0.1, -0.05) is 6.07 Å². The van der Waals surface area contributed by atoms with Crippen LogP contribution in [0.4, 0.5) is 13.2 Å². The van der Waals surface area contributed by atoms with Crippen molar-refractivity contribution >= 4 is 11.9 Å². The van der Waals surface area contributed by atoms with Gasteiger partial charge in [-0.2, -0.15) is 18.4 Å². The number of carbonyl (C=O) groups is 1. The van der Waals surface area contributed by atoms with E-state index < -0.39 is 35.5 Å². The molecule has 3 aliphatic rings. The summed E-state index contributed by atoms with van der Waals surface area (Å²) in [5, 5.41) is 9.32. The van der Waals surface area contributed by atoms with Crippen molar-refractivity contribution in [1.82, 2.24) is 4.90 Å². The van der Waals surface area contributed by atoms with Crippen LogP contribution in [0, 0.1) is 16.7 Å². The Kier molecular flexibility index (Phi) is 4.39. The summed E-state index contributed by atoms with van der Waals surface area (Å²) in [6.07, 6.45) is -1.54. The van der Waals surface area contributed by atoms with Crippen LogP contribution in [-0.4, -0.2) is 42.7 Å². The van der Waals surface area contributed by atoms with Gasteiger partial charge in [0.2, 0.25) is 0 Å². The van der Waals surface area contributed by atoms with E-state index in [0.717, 1.165) is 5.56 Å². The van der Waals surface area contributed by atoms with E-state index in [2.05, 4.69) is 4.99 Å². The molecule has 154 valence electrons. The summed E-state index contributed by atoms with van der Waals surface area (Å²) in [5.74, 6) is -1.17. The number of halogens is 3. The number of rotatable bonds is 2. The van der Waals surface area contributed by atoms with Crippen LogP contribution in [0.5, 0.6) is 0 Å². The maximum atomic E-state index is 13.5. The summed E-state index contributed by atoms with van der Waals surface area (Å²) in [6.45, 7) is -1.48. The first kappa shape index (κ1) is 19.7. The Morgan fingerprint density at radius 3 is 2.66 bits per heavy atom. The highest BCUT2D eigenvalue weighted by molar-refractivity contribution is 6.08. The van der Waals surface area contributed by atoms with E-state index in [-0.39, 0.29) is 6.10 Å². The summed E-state index contributed by atoms with van der Waals surface area (Å²) >= 11 is 0. The van der Waals surface area contributed by atoms with Gasteiger partial charge in [0.25, 0.3) is 5.91 Å². The van der Waals surface area contributed by atoms with E-state index in [4.69, 9.17) is 10.5 Å². The molecule has 0 aromatic heterocycles. The number of alkyl halides is 3. The SMILES string of the molecule is COC1CCC2(CC1)Cc1ccc(C#N)cc1C21N=C(N)N(CC(F)(F)F)C1=O. The van der Waals surface area contributed by atoms with Crippen LogP contribution in [0.3, 0.4) is 0 Å². The molecule has 0 bridgehead atoms. The van der Waals surface area contributed by atoms with Crippen LogP contribution in [0.2, 0.25) is 0 Å². The Morgan fingerprint density at radius 1 is 1.38 bits per heavy atom. The van der Waals surface area contributed by atoms with Gasteiger partial charge in [-0.15, -0.1) is 0 Å². The molecule has 2 N–H and O–H groups in total. The predicted molar refractivity (Wildman–Crippen MR) is 97.6 cm³/mol. The highest BCUT2D eigenvalue weighted by atomic mass is 19.4. The van der Waals surface area contributed by atoms with Crippen molar-refractivity contribution in [3.63, 3.8) is 0 Å². The quantitative estimate of drug-likeness (QED) is 0.817. The van der Waals surface area contributed by atoms with Crippen molar-refractivity contribution in [3.05, 3.63) is 34.9 Å². The van der Waals surface area contributed by atoms with Crippen LogP contribution in [0.25, 0.3) is 0 Å². The standard InChI is InChI=1S/C20H21F3N4O2/c1-29-14-4-6-18(7-5-14)9-13-3-2-12(10-24)8-15(13)20(18)16(28)27(17(25)26-20)11-19(21,22)23/h2-3,8,14H,4-7,9,11H2,1H3,(H2,25,26). The number of methoxy groups -OCH3 is 1. The van der Waals surface area contributed by atoms with Crippen LogP contribution in [-0.2, 0) is 21.5 Å². The number of nitrogens with two attached hydrogens (primary N) is 1. The lowest BCUT2D eigenvalue weighted by Gasteiger charge is -2.45. The smallest absolute Gasteiger partial charge is 0.381 e. The minimum absolute atomic E-state index is 0.0418. The molecule has 1 aromatic carbocycles. The number of aliphatic imine (C=N–C) groups is 1. The molecule has 0 radical (unpaired) electrons. The van der Waals surface area contributed by atoms with Crippen molar-refractivity contribution in [3.8, 4) is 6.07 Å². The number of amides is 1. The Morgan fingerprint density at radius 2 is 2.07 bits per heavy atom. The maximum absolute atomic E-state index is 13.5. The molecular weight excluding hydrogens is 385 g/mol. The lowest BCUT2D eigenvalue weighted by Crippen LogP contribution is -2.53. The molecule has 1 atom stereocenters. The average Bonchev–Trinajstić information content (AvgIpc) is 3.08. The fraction of sp³-hybridized carbons (Fsp3) is 0.550. The molecule has 29 heavy (non-hydrogen) atoms. The van der Waals surface area contributed by atoms with Gasteiger partial charge in [-0.05, 0) is 55.4 Å². The molecule has 4 rings (SSSR count). The largest absolute Gasteiger partial charge is 0.406 e. The van der Waals surface area contributed by atoms with Gasteiger partial charge < -0.3 is 10.5 Å². The van der Waals surface area contributed by atoms with Crippen molar-refractivity contribution in [2.24, 2.45) is 16.1 Å². The zero-order valence-electron chi connectivity index (χ0n) is 15.9. The number of carbonyl (C=O) groups excluding carboxylic acids is 1. The first-order valence-electron chi connectivity index (χ1n) is 9.46. The summed E-state index contributed by atoms with van der Waals surface area (Å²) in [6, 6.07) is 7.06. The van der Waals surface area contributed by atoms with Gasteiger partial charge in [-0.3, -0.25) is 9.69 Å². The van der Waals surface area contributed by atoms with E-state index in [1.807, 2.05) is 6.07 Å². The second-order valence-corrected chi connectivity index (χ2v) is 8.06. The van der Waals surface area contributed by atoms with E-state index in [1.165, 1.54) is 0 Å². The summed E-state index contributed by atoms with van der Waals surface area (Å²) in [5.41, 5.74) is 5.33. The van der Waals surface area contributed by atoms with Crippen LogP contribution >= 0.6 is 0 Å². The number of hydrogen-bond acceptors (Lipinski definition) is 5. The van der Waals surface area contributed by atoms with Gasteiger partial charge in [0.15, 0.2) is 11.5 Å². The number of ether oxygens (including phenoxy) is 1. The molecule has 1 unspecified atom stereocenters. The molecule has 0 saturated heterocycles. The number of hydrogen-bond donors (Lipinski definition) is 1. The van der Waals surface area contributed by atoms with Gasteiger partial charge in [-0.25, -0.2) is 4.99 Å². The lowest BCUT2D eigenvalue weighted by molar-refractivity contribution is -0.158. The summed E-state index contributed by atoms with van der Waals surface area (Å²) in [7, 11) is 1.63. The van der Waals surface area contributed by atoms with Crippen LogP contribution in [0.15, 0.2) is 23.2 Å². The van der Waals surface area contributed by atoms with Crippen molar-refractivity contribution < 1.29 is 22.7 Å². The van der Waals surface area contributed by atoms with Gasteiger partial charge in [0.1, 0.15) is 6.54 Å². The van der Waals surface area contributed by atoms with Gasteiger partial charge in [0, 0.05) is 12.5 Å². The molecule has 2 aliphatic carbocycles. The molecule has 1 aromatic rings. The molecular formula is C20H21F3N4O2. The third-order valence-corrected chi connectivity index (χ3v) is 6.60. The number of nitrogens with zero attached hydrogens (tertiary/aromatic N) is 3. The number of benzene rings is 1. The van der Waals surface area contributed by atoms with Gasteiger partial charge in [0.05, 0.1) is 17.7 Å². The van der Waals surface area contributed by atoms with Crippen LogP contribution in [0.1, 0.15) is 42.4 Å². The highest BCUT2D eigenvalue weighted by Crippen LogP contribution is 2.62. The van der Waals surface area contributed by atoms with E-state index in [0.29, 0.717) is 48.1 Å². The third-order valence-electron chi connectivity index (χ3n) is 6.60. The Hall–Kier alpha value is -2.60. The van der Waals surface area contributed by atoms with E-state index >= 15 is 0 Å². The molecule has 6 nitrogen and oxygen atoms in total. The fourth-order valence-electron chi connectivity index (χ4n) is 5.27. The topological polar surface area (TPSA) is 91.7 Å². The summed E-state index contributed by atoms with van der Waals surface area (Å²) < 4.78 is 44.8. The highest BCUT2D eigenvalue weighted by Gasteiger charge is 2.67. The first-order valence-corrected chi connectivity index (χ1v) is 9.46. The van der Waals surface area contributed by atoms with Gasteiger partial charge >= 0.3 is 6.18 Å². The third kappa shape index (κ3) is 2.81. The average molecular weight is 406 g/mol. The zero-order chi connectivity index (χ0) is 21.0. The molecule has 1 saturated carbocycles. The van der Waals surface area contributed by atoms with E-state index in [1.54, 1.807) is 25.3 Å². The second kappa shape index (κ2) is 6.46. The van der Waals surface area contributed by atoms with E-state index in [9.17, 15) is 23.2 Å². The number of fused-ring (bicyclic) bond motifs is 3. The molecule has 2 spiro atoms. The minimum atomic E-state index is -4.60. The Labute approximate surface area is 166 Å².